The zero-order valence-corrected chi connectivity index (χ0v) is 12.6. The van der Waals surface area contributed by atoms with Crippen LogP contribution < -0.4 is 5.32 Å². The van der Waals surface area contributed by atoms with Crippen LogP contribution in [0.4, 0.5) is 4.39 Å². The van der Waals surface area contributed by atoms with E-state index in [2.05, 4.69) is 5.32 Å². The summed E-state index contributed by atoms with van der Waals surface area (Å²) in [6.45, 7) is 3.87. The molecule has 0 spiro atoms. The van der Waals surface area contributed by atoms with E-state index >= 15 is 0 Å². The Hall–Kier alpha value is -1.95. The lowest BCUT2D eigenvalue weighted by atomic mass is 10.1. The molecule has 0 unspecified atom stereocenters. The quantitative estimate of drug-likeness (QED) is 0.594. The minimum absolute atomic E-state index is 0.125. The average molecular weight is 307 g/mol. The van der Waals surface area contributed by atoms with Crippen LogP contribution in [-0.4, -0.2) is 61.4 Å². The van der Waals surface area contributed by atoms with Gasteiger partial charge < -0.3 is 15.1 Å². The number of carbonyl (C=O) groups excluding carboxylic acids is 2. The number of nitrogens with zero attached hydrogens (tertiary/aromatic N) is 2. The van der Waals surface area contributed by atoms with E-state index < -0.39 is 0 Å². The van der Waals surface area contributed by atoms with Gasteiger partial charge in [-0.25, -0.2) is 4.39 Å². The number of rotatable bonds is 7. The summed E-state index contributed by atoms with van der Waals surface area (Å²) in [5.74, 6) is -0.100. The van der Waals surface area contributed by atoms with E-state index in [9.17, 15) is 14.0 Å². The predicted octanol–water partition coefficient (Wildman–Crippen LogP) is 0.648. The van der Waals surface area contributed by atoms with Gasteiger partial charge in [0.15, 0.2) is 0 Å². The van der Waals surface area contributed by atoms with Crippen molar-refractivity contribution >= 4 is 12.3 Å². The van der Waals surface area contributed by atoms with Crippen LogP contribution in [0.1, 0.15) is 12.0 Å². The summed E-state index contributed by atoms with van der Waals surface area (Å²) in [6.07, 6.45) is 2.11. The summed E-state index contributed by atoms with van der Waals surface area (Å²) in [4.78, 5) is 26.1. The Morgan fingerprint density at radius 1 is 1.14 bits per heavy atom. The lowest BCUT2D eigenvalue weighted by Gasteiger charge is -2.32. The van der Waals surface area contributed by atoms with Gasteiger partial charge in [-0.2, -0.15) is 0 Å². The van der Waals surface area contributed by atoms with Crippen LogP contribution in [0.15, 0.2) is 24.3 Å². The van der Waals surface area contributed by atoms with Crippen molar-refractivity contribution in [1.29, 1.82) is 0 Å². The van der Waals surface area contributed by atoms with Crippen LogP contribution in [-0.2, 0) is 16.0 Å². The van der Waals surface area contributed by atoms with Crippen LogP contribution in [0.5, 0.6) is 0 Å². The standard InChI is InChI=1S/C16H22FN3O2/c17-15-3-1-14(2-4-15)5-7-18-8-6-16(22)20-11-9-19(13-21)10-12-20/h1-4,13,18H,5-12H2. The van der Waals surface area contributed by atoms with Gasteiger partial charge in [0.2, 0.25) is 12.3 Å². The van der Waals surface area contributed by atoms with Gasteiger partial charge in [-0.15, -0.1) is 0 Å². The third-order valence-electron chi connectivity index (χ3n) is 3.84. The summed E-state index contributed by atoms with van der Waals surface area (Å²) in [6, 6.07) is 6.46. The number of halogens is 1. The lowest BCUT2D eigenvalue weighted by molar-refractivity contribution is -0.135. The number of benzene rings is 1. The Morgan fingerprint density at radius 2 is 1.82 bits per heavy atom. The third kappa shape index (κ3) is 5.11. The molecular weight excluding hydrogens is 285 g/mol. The second-order valence-electron chi connectivity index (χ2n) is 5.40. The first-order valence-corrected chi connectivity index (χ1v) is 7.61. The Kier molecular flexibility index (Phi) is 6.33. The monoisotopic (exact) mass is 307 g/mol. The van der Waals surface area contributed by atoms with Crippen molar-refractivity contribution in [2.75, 3.05) is 39.3 Å². The second-order valence-corrected chi connectivity index (χ2v) is 5.40. The average Bonchev–Trinajstić information content (AvgIpc) is 2.56. The minimum Gasteiger partial charge on any atom is -0.342 e. The van der Waals surface area contributed by atoms with Crippen molar-refractivity contribution in [3.8, 4) is 0 Å². The fourth-order valence-corrected chi connectivity index (χ4v) is 2.44. The van der Waals surface area contributed by atoms with Gasteiger partial charge in [0.05, 0.1) is 0 Å². The first-order valence-electron chi connectivity index (χ1n) is 7.61. The van der Waals surface area contributed by atoms with E-state index in [1.165, 1.54) is 12.1 Å². The highest BCUT2D eigenvalue weighted by Crippen LogP contribution is 2.03. The molecule has 1 aliphatic heterocycles. The summed E-state index contributed by atoms with van der Waals surface area (Å²) in [7, 11) is 0. The van der Waals surface area contributed by atoms with Crippen LogP contribution >= 0.6 is 0 Å². The van der Waals surface area contributed by atoms with Gasteiger partial charge in [0.1, 0.15) is 5.82 Å². The molecular formula is C16H22FN3O2. The Balaban J connectivity index is 1.57. The van der Waals surface area contributed by atoms with E-state index in [0.29, 0.717) is 39.1 Å². The van der Waals surface area contributed by atoms with E-state index in [4.69, 9.17) is 0 Å². The maximum Gasteiger partial charge on any atom is 0.223 e. The predicted molar refractivity (Wildman–Crippen MR) is 81.8 cm³/mol. The summed E-state index contributed by atoms with van der Waals surface area (Å²) in [5.41, 5.74) is 1.07. The Labute approximate surface area is 130 Å². The molecule has 0 bridgehead atoms. The summed E-state index contributed by atoms with van der Waals surface area (Å²) in [5, 5.41) is 3.23. The first kappa shape index (κ1) is 16.4. The summed E-state index contributed by atoms with van der Waals surface area (Å²) >= 11 is 0. The van der Waals surface area contributed by atoms with Gasteiger partial charge in [-0.3, -0.25) is 9.59 Å². The molecule has 2 amide bonds. The third-order valence-corrected chi connectivity index (χ3v) is 3.84. The number of carbonyl (C=O) groups is 2. The van der Waals surface area contributed by atoms with Crippen LogP contribution in [0.25, 0.3) is 0 Å². The van der Waals surface area contributed by atoms with Crippen molar-refractivity contribution in [2.45, 2.75) is 12.8 Å². The zero-order chi connectivity index (χ0) is 15.8. The van der Waals surface area contributed by atoms with Gasteiger partial charge in [-0.1, -0.05) is 12.1 Å². The van der Waals surface area contributed by atoms with Gasteiger partial charge in [-0.05, 0) is 30.7 Å². The molecule has 5 nitrogen and oxygen atoms in total. The molecule has 1 fully saturated rings. The molecule has 22 heavy (non-hydrogen) atoms. The number of hydrogen-bond donors (Lipinski definition) is 1. The first-order chi connectivity index (χ1) is 10.7. The molecule has 1 saturated heterocycles. The number of amides is 2. The second kappa shape index (κ2) is 8.48. The molecule has 1 N–H and O–H groups in total. The normalized spacial score (nSPS) is 15.0. The largest absolute Gasteiger partial charge is 0.342 e. The maximum absolute atomic E-state index is 12.8. The summed E-state index contributed by atoms with van der Waals surface area (Å²) < 4.78 is 12.8. The van der Waals surface area contributed by atoms with E-state index in [1.54, 1.807) is 17.0 Å². The van der Waals surface area contributed by atoms with Crippen molar-refractivity contribution in [1.82, 2.24) is 15.1 Å². The van der Waals surface area contributed by atoms with Crippen LogP contribution in [0.3, 0.4) is 0 Å². The smallest absolute Gasteiger partial charge is 0.223 e. The number of piperazine rings is 1. The van der Waals surface area contributed by atoms with Crippen molar-refractivity contribution in [3.63, 3.8) is 0 Å². The highest BCUT2D eigenvalue weighted by atomic mass is 19.1. The van der Waals surface area contributed by atoms with Crippen LogP contribution in [0, 0.1) is 5.82 Å². The molecule has 120 valence electrons. The van der Waals surface area contributed by atoms with Crippen molar-refractivity contribution < 1.29 is 14.0 Å². The van der Waals surface area contributed by atoms with Crippen molar-refractivity contribution in [3.05, 3.63) is 35.6 Å². The number of nitrogens with one attached hydrogen (secondary N) is 1. The molecule has 1 heterocycles. The molecule has 0 radical (unpaired) electrons. The van der Waals surface area contributed by atoms with E-state index in [1.807, 2.05) is 4.90 Å². The lowest BCUT2D eigenvalue weighted by Crippen LogP contribution is -2.48. The van der Waals surface area contributed by atoms with Crippen molar-refractivity contribution in [2.24, 2.45) is 0 Å². The number of hydrogen-bond acceptors (Lipinski definition) is 3. The SMILES string of the molecule is O=CN1CCN(C(=O)CCNCCc2ccc(F)cc2)CC1. The topological polar surface area (TPSA) is 52.7 Å². The highest BCUT2D eigenvalue weighted by molar-refractivity contribution is 5.76. The molecule has 2 rings (SSSR count). The molecule has 0 saturated carbocycles. The van der Waals surface area contributed by atoms with Crippen LogP contribution in [0.2, 0.25) is 0 Å². The van der Waals surface area contributed by atoms with E-state index in [-0.39, 0.29) is 11.7 Å². The van der Waals surface area contributed by atoms with E-state index in [0.717, 1.165) is 24.9 Å². The molecule has 1 aliphatic rings. The van der Waals surface area contributed by atoms with Gasteiger partial charge in [0.25, 0.3) is 0 Å². The fraction of sp³-hybridized carbons (Fsp3) is 0.500. The zero-order valence-electron chi connectivity index (χ0n) is 12.6. The Bertz CT molecular complexity index is 485. The Morgan fingerprint density at radius 3 is 2.45 bits per heavy atom. The fourth-order valence-electron chi connectivity index (χ4n) is 2.44. The van der Waals surface area contributed by atoms with Gasteiger partial charge in [0, 0.05) is 39.1 Å². The molecule has 0 atom stereocenters. The molecule has 6 heteroatoms. The maximum atomic E-state index is 12.8. The highest BCUT2D eigenvalue weighted by Gasteiger charge is 2.19. The molecule has 0 aliphatic carbocycles. The molecule has 1 aromatic carbocycles. The minimum atomic E-state index is -0.225. The molecule has 0 aromatic heterocycles. The molecule has 1 aromatic rings. The van der Waals surface area contributed by atoms with Gasteiger partial charge >= 0.3 is 0 Å².